The molecule has 3 nitrogen and oxygen atoms in total. The van der Waals surface area contributed by atoms with Crippen molar-refractivity contribution in [2.45, 2.75) is 17.9 Å². The van der Waals surface area contributed by atoms with E-state index in [-0.39, 0.29) is 6.04 Å². The summed E-state index contributed by atoms with van der Waals surface area (Å²) in [6, 6.07) is 9.77. The van der Waals surface area contributed by atoms with Crippen molar-refractivity contribution >= 4 is 40.8 Å². The standard InChI is InChI=1S/C15H17Cl2N3S/c1-2-19-14(13-7-11(17)8-20-15(13)18)9-21-12-5-3-4-10(16)6-12/h3-8,14,19H,2,9H2,1H3,(H2,18,20). The van der Waals surface area contributed by atoms with Crippen LogP contribution in [-0.4, -0.2) is 17.3 Å². The number of thioether (sulfide) groups is 1. The minimum absolute atomic E-state index is 0.0881. The van der Waals surface area contributed by atoms with E-state index in [2.05, 4.69) is 17.2 Å². The van der Waals surface area contributed by atoms with Gasteiger partial charge in [0.1, 0.15) is 5.82 Å². The van der Waals surface area contributed by atoms with Crippen LogP contribution in [0, 0.1) is 0 Å². The molecule has 0 fully saturated rings. The van der Waals surface area contributed by atoms with Crippen LogP contribution in [-0.2, 0) is 0 Å². The van der Waals surface area contributed by atoms with Gasteiger partial charge in [0.25, 0.3) is 0 Å². The van der Waals surface area contributed by atoms with Crippen LogP contribution in [0.3, 0.4) is 0 Å². The number of rotatable bonds is 6. The van der Waals surface area contributed by atoms with Crippen LogP contribution in [0.25, 0.3) is 0 Å². The van der Waals surface area contributed by atoms with Crippen LogP contribution in [0.15, 0.2) is 41.4 Å². The Bertz CT molecular complexity index is 607. The summed E-state index contributed by atoms with van der Waals surface area (Å²) in [5.74, 6) is 1.33. The summed E-state index contributed by atoms with van der Waals surface area (Å²) < 4.78 is 0. The Morgan fingerprint density at radius 3 is 2.81 bits per heavy atom. The Kier molecular flexibility index (Phi) is 6.18. The summed E-state index contributed by atoms with van der Waals surface area (Å²) in [6.07, 6.45) is 1.56. The number of pyridine rings is 1. The minimum atomic E-state index is 0.0881. The van der Waals surface area contributed by atoms with Gasteiger partial charge in [-0.15, -0.1) is 11.8 Å². The number of aromatic nitrogens is 1. The Balaban J connectivity index is 2.13. The number of nitrogens with two attached hydrogens (primary N) is 1. The molecule has 6 heteroatoms. The average Bonchev–Trinajstić information content (AvgIpc) is 2.46. The number of nitrogens with one attached hydrogen (secondary N) is 1. The highest BCUT2D eigenvalue weighted by Crippen LogP contribution is 2.29. The summed E-state index contributed by atoms with van der Waals surface area (Å²) in [4.78, 5) is 5.25. The average molecular weight is 342 g/mol. The van der Waals surface area contributed by atoms with Crippen LogP contribution in [0.4, 0.5) is 5.82 Å². The van der Waals surface area contributed by atoms with Crippen LogP contribution in [0.1, 0.15) is 18.5 Å². The third-order valence-electron chi connectivity index (χ3n) is 2.95. The fraction of sp³-hybridized carbons (Fsp3) is 0.267. The van der Waals surface area contributed by atoms with Crippen molar-refractivity contribution in [2.75, 3.05) is 18.0 Å². The molecule has 112 valence electrons. The zero-order chi connectivity index (χ0) is 15.2. The summed E-state index contributed by atoms with van der Waals surface area (Å²) >= 11 is 13.8. The normalized spacial score (nSPS) is 12.3. The molecule has 1 atom stereocenters. The van der Waals surface area contributed by atoms with Crippen molar-refractivity contribution in [1.82, 2.24) is 10.3 Å². The molecule has 0 radical (unpaired) electrons. The van der Waals surface area contributed by atoms with Crippen molar-refractivity contribution in [3.63, 3.8) is 0 Å². The quantitative estimate of drug-likeness (QED) is 0.764. The SMILES string of the molecule is CCNC(CSc1cccc(Cl)c1)c1cc(Cl)cnc1N. The molecule has 1 unspecified atom stereocenters. The van der Waals surface area contributed by atoms with Crippen molar-refractivity contribution in [3.8, 4) is 0 Å². The van der Waals surface area contributed by atoms with Crippen LogP contribution in [0.2, 0.25) is 10.0 Å². The predicted molar refractivity (Wildman–Crippen MR) is 92.3 cm³/mol. The lowest BCUT2D eigenvalue weighted by molar-refractivity contribution is 0.606. The molecule has 0 aliphatic carbocycles. The van der Waals surface area contributed by atoms with Crippen LogP contribution < -0.4 is 11.1 Å². The predicted octanol–water partition coefficient (Wildman–Crippen LogP) is 4.41. The Hall–Kier alpha value is -0.940. The van der Waals surface area contributed by atoms with Gasteiger partial charge in [0.2, 0.25) is 0 Å². The van der Waals surface area contributed by atoms with Gasteiger partial charge in [-0.2, -0.15) is 0 Å². The van der Waals surface area contributed by atoms with Gasteiger partial charge < -0.3 is 11.1 Å². The first-order valence-electron chi connectivity index (χ1n) is 6.62. The number of hydrogen-bond acceptors (Lipinski definition) is 4. The number of halogens is 2. The lowest BCUT2D eigenvalue weighted by Crippen LogP contribution is -2.24. The summed E-state index contributed by atoms with van der Waals surface area (Å²) in [7, 11) is 0. The number of benzene rings is 1. The Morgan fingerprint density at radius 2 is 2.10 bits per heavy atom. The number of hydrogen-bond donors (Lipinski definition) is 2. The first-order chi connectivity index (χ1) is 10.1. The summed E-state index contributed by atoms with van der Waals surface area (Å²) in [5, 5.41) is 4.75. The van der Waals surface area contributed by atoms with Gasteiger partial charge in [-0.05, 0) is 30.8 Å². The van der Waals surface area contributed by atoms with E-state index in [1.807, 2.05) is 30.3 Å². The molecule has 0 amide bonds. The van der Waals surface area contributed by atoms with Crippen molar-refractivity contribution < 1.29 is 0 Å². The van der Waals surface area contributed by atoms with Crippen molar-refractivity contribution in [1.29, 1.82) is 0 Å². The lowest BCUT2D eigenvalue weighted by Gasteiger charge is -2.19. The maximum absolute atomic E-state index is 6.03. The second-order valence-corrected chi connectivity index (χ2v) is 6.47. The summed E-state index contributed by atoms with van der Waals surface area (Å²) in [5.41, 5.74) is 6.90. The number of nitrogen functional groups attached to an aromatic ring is 1. The second kappa shape index (κ2) is 7.90. The molecule has 3 N–H and O–H groups in total. The van der Waals surface area contributed by atoms with Gasteiger partial charge in [0.15, 0.2) is 0 Å². The largest absolute Gasteiger partial charge is 0.383 e. The molecular weight excluding hydrogens is 325 g/mol. The fourth-order valence-corrected chi connectivity index (χ4v) is 3.45. The highest BCUT2D eigenvalue weighted by Gasteiger charge is 2.15. The van der Waals surface area contributed by atoms with E-state index in [0.717, 1.165) is 27.8 Å². The van der Waals surface area contributed by atoms with Gasteiger partial charge in [-0.3, -0.25) is 0 Å². The van der Waals surface area contributed by atoms with Crippen LogP contribution in [0.5, 0.6) is 0 Å². The number of nitrogens with zero attached hydrogens (tertiary/aromatic N) is 1. The molecule has 1 aromatic heterocycles. The van der Waals surface area contributed by atoms with Gasteiger partial charge >= 0.3 is 0 Å². The van der Waals surface area contributed by atoms with E-state index in [1.165, 1.54) is 0 Å². The summed E-state index contributed by atoms with van der Waals surface area (Å²) in [6.45, 7) is 2.90. The Labute approximate surface area is 139 Å². The highest BCUT2D eigenvalue weighted by atomic mass is 35.5. The first kappa shape index (κ1) is 16.4. The second-order valence-electron chi connectivity index (χ2n) is 4.51. The van der Waals surface area contributed by atoms with Gasteiger partial charge in [0.05, 0.1) is 5.02 Å². The lowest BCUT2D eigenvalue weighted by atomic mass is 10.1. The minimum Gasteiger partial charge on any atom is -0.383 e. The van der Waals surface area contributed by atoms with Gasteiger partial charge in [-0.1, -0.05) is 36.2 Å². The van der Waals surface area contributed by atoms with E-state index in [0.29, 0.717) is 10.8 Å². The van der Waals surface area contributed by atoms with E-state index in [9.17, 15) is 0 Å². The van der Waals surface area contributed by atoms with Gasteiger partial charge in [0, 0.05) is 33.5 Å². The molecule has 21 heavy (non-hydrogen) atoms. The monoisotopic (exact) mass is 341 g/mol. The Morgan fingerprint density at radius 1 is 1.29 bits per heavy atom. The van der Waals surface area contributed by atoms with E-state index in [1.54, 1.807) is 18.0 Å². The molecule has 0 aliphatic rings. The highest BCUT2D eigenvalue weighted by molar-refractivity contribution is 7.99. The molecule has 2 rings (SSSR count). The molecule has 0 saturated carbocycles. The fourth-order valence-electron chi connectivity index (χ4n) is 1.99. The molecule has 0 bridgehead atoms. The van der Waals surface area contributed by atoms with Crippen molar-refractivity contribution in [2.24, 2.45) is 0 Å². The third-order valence-corrected chi connectivity index (χ3v) is 4.48. The van der Waals surface area contributed by atoms with Gasteiger partial charge in [-0.25, -0.2) is 4.98 Å². The molecule has 1 aromatic carbocycles. The van der Waals surface area contributed by atoms with Crippen molar-refractivity contribution in [3.05, 3.63) is 52.1 Å². The zero-order valence-electron chi connectivity index (χ0n) is 11.6. The van der Waals surface area contributed by atoms with E-state index in [4.69, 9.17) is 28.9 Å². The smallest absolute Gasteiger partial charge is 0.128 e. The maximum atomic E-state index is 6.03. The zero-order valence-corrected chi connectivity index (χ0v) is 14.0. The number of anilines is 1. The third kappa shape index (κ3) is 4.78. The molecule has 2 aromatic rings. The molecular formula is C15H17Cl2N3S. The molecule has 0 saturated heterocycles. The molecule has 0 aliphatic heterocycles. The topological polar surface area (TPSA) is 50.9 Å². The maximum Gasteiger partial charge on any atom is 0.128 e. The van der Waals surface area contributed by atoms with Crippen LogP contribution >= 0.6 is 35.0 Å². The molecule has 0 spiro atoms. The first-order valence-corrected chi connectivity index (χ1v) is 8.37. The van der Waals surface area contributed by atoms with E-state index >= 15 is 0 Å². The molecule has 1 heterocycles. The van der Waals surface area contributed by atoms with E-state index < -0.39 is 0 Å².